The van der Waals surface area contributed by atoms with E-state index in [2.05, 4.69) is 4.84 Å². The van der Waals surface area contributed by atoms with Crippen molar-refractivity contribution in [2.75, 3.05) is 19.7 Å². The fraction of sp³-hybridized carbons (Fsp3) is 0.833. The topological polar surface area (TPSA) is 58.6 Å². The smallest absolute Gasteiger partial charge is 0.342 e. The molecule has 1 heterocycles. The van der Waals surface area contributed by atoms with Gasteiger partial charge in [0.15, 0.2) is 6.61 Å². The Morgan fingerprint density at radius 3 is 2.20 bits per heavy atom. The first-order chi connectivity index (χ1) is 9.37. The number of carbonyl (C=O) groups is 2. The third kappa shape index (κ3) is 4.36. The van der Waals surface area contributed by atoms with Crippen molar-refractivity contribution < 1.29 is 27.6 Å². The van der Waals surface area contributed by atoms with E-state index in [-0.39, 0.29) is 11.8 Å². The molecule has 0 unspecified atom stereocenters. The number of rotatable bonds is 4. The van der Waals surface area contributed by atoms with Crippen LogP contribution in [0.3, 0.4) is 0 Å². The van der Waals surface area contributed by atoms with Crippen LogP contribution in [-0.2, 0) is 14.4 Å². The second-order valence-electron chi connectivity index (χ2n) is 5.24. The first-order valence-electron chi connectivity index (χ1n) is 6.64. The normalized spacial score (nSPS) is 20.9. The number of hydrogen-bond acceptors (Lipinski definition) is 3. The number of likely N-dealkylation sites (tertiary alicyclic amines) is 1. The molecule has 8 heteroatoms. The molecule has 2 aliphatic rings. The zero-order valence-corrected chi connectivity index (χ0v) is 10.9. The van der Waals surface area contributed by atoms with E-state index in [0.29, 0.717) is 25.9 Å². The molecule has 5 nitrogen and oxygen atoms in total. The van der Waals surface area contributed by atoms with E-state index in [9.17, 15) is 22.8 Å². The quantitative estimate of drug-likeness (QED) is 0.794. The van der Waals surface area contributed by atoms with Gasteiger partial charge < -0.3 is 4.90 Å². The fourth-order valence-corrected chi connectivity index (χ4v) is 2.22. The van der Waals surface area contributed by atoms with Crippen molar-refractivity contribution in [3.05, 3.63) is 0 Å². The molecule has 2 rings (SSSR count). The van der Waals surface area contributed by atoms with Gasteiger partial charge >= 0.3 is 6.18 Å². The van der Waals surface area contributed by atoms with Crippen LogP contribution < -0.4 is 5.48 Å². The molecule has 0 bridgehead atoms. The molecule has 114 valence electrons. The minimum absolute atomic E-state index is 0.136. The number of hydroxylamine groups is 1. The van der Waals surface area contributed by atoms with Gasteiger partial charge in [0, 0.05) is 24.9 Å². The van der Waals surface area contributed by atoms with Gasteiger partial charge in [-0.15, -0.1) is 0 Å². The van der Waals surface area contributed by atoms with Crippen LogP contribution in [0.5, 0.6) is 0 Å². The maximum absolute atomic E-state index is 11.8. The summed E-state index contributed by atoms with van der Waals surface area (Å²) in [5.74, 6) is -0.660. The van der Waals surface area contributed by atoms with Crippen LogP contribution >= 0.6 is 0 Å². The molecule has 2 amide bonds. The lowest BCUT2D eigenvalue weighted by Gasteiger charge is -2.31. The number of halogens is 3. The molecule has 0 spiro atoms. The van der Waals surface area contributed by atoms with E-state index in [1.165, 1.54) is 0 Å². The Hall–Kier alpha value is -1.31. The minimum atomic E-state index is -4.46. The third-order valence-corrected chi connectivity index (χ3v) is 3.51. The summed E-state index contributed by atoms with van der Waals surface area (Å²) in [5.41, 5.74) is 1.83. The maximum Gasteiger partial charge on any atom is 0.414 e. The summed E-state index contributed by atoms with van der Waals surface area (Å²) in [4.78, 5) is 29.3. The molecule has 0 radical (unpaired) electrons. The van der Waals surface area contributed by atoms with Crippen LogP contribution in [0, 0.1) is 11.8 Å². The van der Waals surface area contributed by atoms with Gasteiger partial charge in [-0.25, -0.2) is 5.48 Å². The third-order valence-electron chi connectivity index (χ3n) is 3.51. The Morgan fingerprint density at radius 1 is 1.10 bits per heavy atom. The number of amides is 2. The van der Waals surface area contributed by atoms with E-state index in [1.54, 1.807) is 4.90 Å². The Bertz CT molecular complexity index is 375. The van der Waals surface area contributed by atoms with Crippen LogP contribution in [0.1, 0.15) is 25.7 Å². The van der Waals surface area contributed by atoms with Crippen LogP contribution in [-0.4, -0.2) is 42.6 Å². The number of piperidine rings is 1. The van der Waals surface area contributed by atoms with Crippen LogP contribution in [0.25, 0.3) is 0 Å². The molecule has 0 aromatic heterocycles. The number of hydrogen-bond donors (Lipinski definition) is 1. The van der Waals surface area contributed by atoms with Crippen molar-refractivity contribution in [2.45, 2.75) is 31.9 Å². The zero-order chi connectivity index (χ0) is 14.8. The highest BCUT2D eigenvalue weighted by Crippen LogP contribution is 2.32. The average Bonchev–Trinajstić information content (AvgIpc) is 3.21. The molecule has 1 saturated carbocycles. The number of nitrogens with one attached hydrogen (secondary N) is 1. The summed E-state index contributed by atoms with van der Waals surface area (Å²) in [6.45, 7) is -0.545. The highest BCUT2D eigenvalue weighted by Gasteiger charge is 2.36. The first kappa shape index (κ1) is 15.1. The van der Waals surface area contributed by atoms with Gasteiger partial charge in [-0.3, -0.25) is 14.4 Å². The predicted molar refractivity (Wildman–Crippen MR) is 62.2 cm³/mol. The summed E-state index contributed by atoms with van der Waals surface area (Å²) < 4.78 is 35.5. The van der Waals surface area contributed by atoms with Crippen molar-refractivity contribution in [2.24, 2.45) is 11.8 Å². The van der Waals surface area contributed by atoms with Crippen molar-refractivity contribution >= 4 is 11.8 Å². The van der Waals surface area contributed by atoms with E-state index >= 15 is 0 Å². The molecule has 1 saturated heterocycles. The molecule has 1 aliphatic heterocycles. The monoisotopic (exact) mass is 294 g/mol. The highest BCUT2D eigenvalue weighted by molar-refractivity contribution is 5.82. The second-order valence-corrected chi connectivity index (χ2v) is 5.24. The van der Waals surface area contributed by atoms with Gasteiger partial charge in [-0.05, 0) is 25.7 Å². The van der Waals surface area contributed by atoms with Crippen LogP contribution in [0.4, 0.5) is 13.2 Å². The lowest BCUT2D eigenvalue weighted by molar-refractivity contribution is -0.193. The summed E-state index contributed by atoms with van der Waals surface area (Å²) in [5, 5.41) is 0. The van der Waals surface area contributed by atoms with E-state index in [1.807, 2.05) is 5.48 Å². The maximum atomic E-state index is 11.8. The minimum Gasteiger partial charge on any atom is -0.342 e. The number of alkyl halides is 3. The molecule has 0 atom stereocenters. The second kappa shape index (κ2) is 5.99. The molecular weight excluding hydrogens is 277 g/mol. The fourth-order valence-electron chi connectivity index (χ4n) is 2.22. The molecular formula is C12H17F3N2O3. The lowest BCUT2D eigenvalue weighted by Crippen LogP contribution is -2.44. The summed E-state index contributed by atoms with van der Waals surface area (Å²) in [6.07, 6.45) is -1.68. The van der Waals surface area contributed by atoms with Gasteiger partial charge in [0.2, 0.25) is 11.8 Å². The zero-order valence-electron chi connectivity index (χ0n) is 10.9. The van der Waals surface area contributed by atoms with Crippen molar-refractivity contribution in [1.29, 1.82) is 0 Å². The van der Waals surface area contributed by atoms with Crippen molar-refractivity contribution in [1.82, 2.24) is 10.4 Å². The van der Waals surface area contributed by atoms with Gasteiger partial charge in [-0.1, -0.05) is 0 Å². The summed E-state index contributed by atoms with van der Waals surface area (Å²) in [6, 6.07) is 0. The standard InChI is InChI=1S/C12H17F3N2O3/c13-12(14,15)7-20-16-10(18)8-3-5-17(6-4-8)11(19)9-1-2-9/h8-9H,1-7H2,(H,16,18). The molecule has 1 aliphatic carbocycles. The average molecular weight is 294 g/mol. The largest absolute Gasteiger partial charge is 0.414 e. The van der Waals surface area contributed by atoms with E-state index < -0.39 is 24.6 Å². The van der Waals surface area contributed by atoms with E-state index in [4.69, 9.17) is 0 Å². The summed E-state index contributed by atoms with van der Waals surface area (Å²) >= 11 is 0. The first-order valence-corrected chi connectivity index (χ1v) is 6.64. The number of carbonyl (C=O) groups excluding carboxylic acids is 2. The Morgan fingerprint density at radius 2 is 1.70 bits per heavy atom. The summed E-state index contributed by atoms with van der Waals surface area (Å²) in [7, 11) is 0. The Balaban J connectivity index is 1.67. The van der Waals surface area contributed by atoms with E-state index in [0.717, 1.165) is 12.8 Å². The molecule has 0 aromatic rings. The number of nitrogens with zero attached hydrogens (tertiary/aromatic N) is 1. The Labute approximate surface area is 114 Å². The molecule has 1 N–H and O–H groups in total. The lowest BCUT2D eigenvalue weighted by atomic mass is 9.96. The van der Waals surface area contributed by atoms with Gasteiger partial charge in [0.1, 0.15) is 0 Å². The molecule has 0 aromatic carbocycles. The van der Waals surface area contributed by atoms with Gasteiger partial charge in [0.05, 0.1) is 0 Å². The molecule has 20 heavy (non-hydrogen) atoms. The molecule has 2 fully saturated rings. The highest BCUT2D eigenvalue weighted by atomic mass is 19.4. The van der Waals surface area contributed by atoms with Crippen LogP contribution in [0.15, 0.2) is 0 Å². The van der Waals surface area contributed by atoms with Crippen molar-refractivity contribution in [3.8, 4) is 0 Å². The SMILES string of the molecule is O=C(NOCC(F)(F)F)C1CCN(C(=O)C2CC2)CC1. The van der Waals surface area contributed by atoms with Crippen molar-refractivity contribution in [3.63, 3.8) is 0 Å². The predicted octanol–water partition coefficient (Wildman–Crippen LogP) is 1.25. The van der Waals surface area contributed by atoms with Crippen LogP contribution in [0.2, 0.25) is 0 Å². The van der Waals surface area contributed by atoms with Gasteiger partial charge in [-0.2, -0.15) is 13.2 Å². The van der Waals surface area contributed by atoms with Gasteiger partial charge in [0.25, 0.3) is 0 Å². The Kier molecular flexibility index (Phi) is 4.52.